The average Bonchev–Trinajstić information content (AvgIpc) is 2.65. The molecule has 2 aromatic rings. The molecular weight excluding hydrogens is 598 g/mol. The monoisotopic (exact) mass is 642 g/mol. The van der Waals surface area contributed by atoms with Crippen LogP contribution in [0.4, 0.5) is 0 Å². The second-order valence-corrected chi connectivity index (χ2v) is 31.1. The Kier molecular flexibility index (Phi) is 10.5. The summed E-state index contributed by atoms with van der Waals surface area (Å²) in [4.78, 5) is 8.88. The number of benzene rings is 2. The number of hydrogen-bond donors (Lipinski definition) is 0. The zero-order valence-corrected chi connectivity index (χ0v) is 26.6. The molecule has 0 saturated carbocycles. The van der Waals surface area contributed by atoms with Crippen molar-refractivity contribution in [3.8, 4) is 11.5 Å². The molecule has 0 aliphatic carbocycles. The SMILES string of the molecule is CCCCc1c(C)cccc1[O][Sn]([CH3])([CH3])[O][Sn]([CH3])([CH3])[O]c1cccc(C)c1CCCC. The van der Waals surface area contributed by atoms with Crippen LogP contribution in [0.3, 0.4) is 0 Å². The van der Waals surface area contributed by atoms with E-state index in [1.54, 1.807) is 0 Å². The summed E-state index contributed by atoms with van der Waals surface area (Å²) in [5.41, 5.74) is 5.30. The van der Waals surface area contributed by atoms with Crippen LogP contribution in [0.2, 0.25) is 19.8 Å². The maximum absolute atomic E-state index is 6.81. The molecule has 0 unspecified atom stereocenters. The van der Waals surface area contributed by atoms with Crippen molar-refractivity contribution in [1.29, 1.82) is 0 Å². The van der Waals surface area contributed by atoms with Crippen molar-refractivity contribution in [3.05, 3.63) is 58.7 Å². The molecule has 0 N–H and O–H groups in total. The van der Waals surface area contributed by atoms with Gasteiger partial charge in [-0.3, -0.25) is 0 Å². The third kappa shape index (κ3) is 8.47. The molecule has 0 atom stereocenters. The van der Waals surface area contributed by atoms with E-state index in [0.717, 1.165) is 24.3 Å². The first-order valence-corrected chi connectivity index (χ1v) is 27.9. The molecule has 31 heavy (non-hydrogen) atoms. The molecule has 0 bridgehead atoms. The van der Waals surface area contributed by atoms with Crippen molar-refractivity contribution in [1.82, 2.24) is 0 Å². The number of unbranched alkanes of at least 4 members (excludes halogenated alkanes) is 2. The zero-order valence-electron chi connectivity index (χ0n) is 20.9. The van der Waals surface area contributed by atoms with Gasteiger partial charge in [-0.2, -0.15) is 0 Å². The Bertz CT molecular complexity index is 777. The molecule has 0 heterocycles. The van der Waals surface area contributed by atoms with Gasteiger partial charge in [0.2, 0.25) is 0 Å². The Hall–Kier alpha value is -0.403. The van der Waals surface area contributed by atoms with Crippen LogP contribution in [0.5, 0.6) is 11.5 Å². The third-order valence-corrected chi connectivity index (χ3v) is 31.2. The van der Waals surface area contributed by atoms with Crippen molar-refractivity contribution in [2.45, 2.75) is 86.0 Å². The van der Waals surface area contributed by atoms with Crippen LogP contribution in [0.1, 0.15) is 61.8 Å². The molecule has 0 aliphatic rings. The van der Waals surface area contributed by atoms with Gasteiger partial charge < -0.3 is 0 Å². The van der Waals surface area contributed by atoms with Gasteiger partial charge in [0, 0.05) is 0 Å². The van der Waals surface area contributed by atoms with Gasteiger partial charge in [0.05, 0.1) is 0 Å². The minimum absolute atomic E-state index is 1.02. The summed E-state index contributed by atoms with van der Waals surface area (Å²) in [5.74, 6) is 2.05. The molecule has 3 nitrogen and oxygen atoms in total. The van der Waals surface area contributed by atoms with E-state index in [4.69, 9.17) is 7.56 Å². The number of aryl methyl sites for hydroxylation is 2. The van der Waals surface area contributed by atoms with E-state index in [0.29, 0.717) is 0 Å². The van der Waals surface area contributed by atoms with Gasteiger partial charge in [0.1, 0.15) is 0 Å². The number of hydrogen-bond acceptors (Lipinski definition) is 3. The van der Waals surface area contributed by atoms with Crippen molar-refractivity contribution < 1.29 is 7.56 Å². The summed E-state index contributed by atoms with van der Waals surface area (Å²) in [5, 5.41) is 0. The van der Waals surface area contributed by atoms with Crippen LogP contribution in [0.15, 0.2) is 36.4 Å². The van der Waals surface area contributed by atoms with E-state index >= 15 is 0 Å². The second kappa shape index (κ2) is 12.2. The summed E-state index contributed by atoms with van der Waals surface area (Å²) >= 11 is -6.54. The summed E-state index contributed by atoms with van der Waals surface area (Å²) in [7, 11) is 0. The van der Waals surface area contributed by atoms with Crippen LogP contribution in [0, 0.1) is 13.8 Å². The molecule has 0 aromatic heterocycles. The van der Waals surface area contributed by atoms with Crippen molar-refractivity contribution in [2.75, 3.05) is 0 Å². The molecule has 0 spiro atoms. The van der Waals surface area contributed by atoms with E-state index in [-0.39, 0.29) is 0 Å². The van der Waals surface area contributed by atoms with Gasteiger partial charge in [-0.1, -0.05) is 0 Å². The first kappa shape index (κ1) is 26.8. The predicted octanol–water partition coefficient (Wildman–Crippen LogP) is 7.87. The van der Waals surface area contributed by atoms with Gasteiger partial charge in [0.15, 0.2) is 0 Å². The van der Waals surface area contributed by atoms with Crippen LogP contribution in [-0.4, -0.2) is 38.4 Å². The zero-order chi connectivity index (χ0) is 23.1. The van der Waals surface area contributed by atoms with Gasteiger partial charge in [-0.15, -0.1) is 0 Å². The molecule has 0 aliphatic heterocycles. The molecule has 172 valence electrons. The predicted molar refractivity (Wildman–Crippen MR) is 137 cm³/mol. The normalized spacial score (nSPS) is 12.1. The first-order chi connectivity index (χ1) is 14.6. The van der Waals surface area contributed by atoms with E-state index in [1.165, 1.54) is 47.9 Å². The summed E-state index contributed by atoms with van der Waals surface area (Å²) in [6.07, 6.45) is 6.86. The maximum atomic E-state index is 6.81. The first-order valence-electron chi connectivity index (χ1n) is 11.8. The summed E-state index contributed by atoms with van der Waals surface area (Å²) in [6, 6.07) is 12.8. The fourth-order valence-electron chi connectivity index (χ4n) is 4.05. The van der Waals surface area contributed by atoms with Gasteiger partial charge in [-0.25, -0.2) is 0 Å². The molecule has 2 aromatic carbocycles. The van der Waals surface area contributed by atoms with Gasteiger partial charge in [0.25, 0.3) is 0 Å². The molecule has 0 saturated heterocycles. The average molecular weight is 640 g/mol. The molecular formula is C26H42O3Sn2. The van der Waals surface area contributed by atoms with Crippen molar-refractivity contribution in [3.63, 3.8) is 0 Å². The molecule has 2 rings (SSSR count). The second-order valence-electron chi connectivity index (χ2n) is 9.42. The molecule has 0 radical (unpaired) electrons. The quantitative estimate of drug-likeness (QED) is 0.221. The van der Waals surface area contributed by atoms with E-state index in [2.05, 4.69) is 83.9 Å². The Balaban J connectivity index is 2.18. The van der Waals surface area contributed by atoms with Crippen LogP contribution in [-0.2, 0) is 14.3 Å². The van der Waals surface area contributed by atoms with Crippen molar-refractivity contribution in [2.24, 2.45) is 0 Å². The Labute approximate surface area is 200 Å². The summed E-state index contributed by atoms with van der Waals surface area (Å²) < 4.78 is 20.1. The third-order valence-electron chi connectivity index (χ3n) is 5.50. The fraction of sp³-hybridized carbons (Fsp3) is 0.538. The Morgan fingerprint density at radius 1 is 0.645 bits per heavy atom. The van der Waals surface area contributed by atoms with Crippen LogP contribution < -0.4 is 6.15 Å². The number of rotatable bonds is 12. The minimum atomic E-state index is -3.27. The van der Waals surface area contributed by atoms with E-state index in [9.17, 15) is 0 Å². The van der Waals surface area contributed by atoms with Gasteiger partial charge >= 0.3 is 202 Å². The Morgan fingerprint density at radius 3 is 1.39 bits per heavy atom. The summed E-state index contributed by atoms with van der Waals surface area (Å²) in [6.45, 7) is 8.84. The standard InChI is InChI=1S/2C11H16O.4CH3.O.2Sn/c2*1-3-4-7-10-9(2)6-5-8-11(10)12;;;;;;;/h2*5-6,8,12H,3-4,7H2,1-2H3;4*1H3;;;/q;;;;;;;2*+1/p-2. The Morgan fingerprint density at radius 2 is 1.03 bits per heavy atom. The molecule has 0 fully saturated rings. The topological polar surface area (TPSA) is 27.7 Å². The molecule has 5 heteroatoms. The van der Waals surface area contributed by atoms with Gasteiger partial charge in [-0.05, 0) is 0 Å². The van der Waals surface area contributed by atoms with E-state index in [1.807, 2.05) is 0 Å². The van der Waals surface area contributed by atoms with E-state index < -0.39 is 38.4 Å². The fourth-order valence-corrected chi connectivity index (χ4v) is 36.0. The molecule has 0 amide bonds. The van der Waals surface area contributed by atoms with Crippen LogP contribution in [0.25, 0.3) is 0 Å². The van der Waals surface area contributed by atoms with Crippen molar-refractivity contribution >= 4 is 38.4 Å². The van der Waals surface area contributed by atoms with Crippen LogP contribution >= 0.6 is 0 Å².